The second-order valence-corrected chi connectivity index (χ2v) is 16.7. The van der Waals surface area contributed by atoms with E-state index in [0.717, 1.165) is 75.5 Å². The van der Waals surface area contributed by atoms with Gasteiger partial charge in [0.05, 0.1) is 30.9 Å². The van der Waals surface area contributed by atoms with Gasteiger partial charge in [-0.15, -0.1) is 0 Å². The molecule has 1 heterocycles. The normalized spacial score (nSPS) is 14.5. The van der Waals surface area contributed by atoms with Crippen LogP contribution in [0.1, 0.15) is 189 Å². The van der Waals surface area contributed by atoms with Crippen LogP contribution in [0.2, 0.25) is 0 Å². The highest BCUT2D eigenvalue weighted by molar-refractivity contribution is 7.47. The maximum absolute atomic E-state index is 12.8. The molecule has 1 N–H and O–H groups in total. The van der Waals surface area contributed by atoms with Crippen LogP contribution in [-0.4, -0.2) is 66.0 Å². The minimum Gasteiger partial charge on any atom is -0.462 e. The van der Waals surface area contributed by atoms with Crippen molar-refractivity contribution in [3.63, 3.8) is 0 Å². The van der Waals surface area contributed by atoms with Crippen LogP contribution in [0.15, 0.2) is 60.7 Å². The number of unbranched alkanes of at least 4 members (excludes halogenated alkanes) is 17. The third-order valence-corrected chi connectivity index (χ3v) is 11.1. The third kappa shape index (κ3) is 25.1. The van der Waals surface area contributed by atoms with Crippen LogP contribution in [0.3, 0.4) is 0 Å². The minimum absolute atomic E-state index is 0.149. The van der Waals surface area contributed by atoms with Crippen molar-refractivity contribution in [3.05, 3.63) is 71.8 Å². The summed E-state index contributed by atoms with van der Waals surface area (Å²) >= 11 is 0. The molecule has 2 amide bonds. The van der Waals surface area contributed by atoms with Crippen LogP contribution in [0, 0.1) is 0 Å². The Bertz CT molecular complexity index is 1440. The molecule has 0 saturated heterocycles. The highest BCUT2D eigenvalue weighted by atomic mass is 31.2. The molecule has 0 aliphatic carbocycles. The summed E-state index contributed by atoms with van der Waals surface area (Å²) in [5, 5.41) is 0. The number of amides is 2. The molecule has 0 bridgehead atoms. The van der Waals surface area contributed by atoms with Gasteiger partial charge in [-0.3, -0.25) is 33.1 Å². The Morgan fingerprint density at radius 1 is 0.644 bits per heavy atom. The van der Waals surface area contributed by atoms with E-state index in [9.17, 15) is 28.6 Å². The minimum atomic E-state index is -4.70. The average molecular weight is 844 g/mol. The number of esters is 2. The number of hydrogen-bond donors (Lipinski definition) is 1. The van der Waals surface area contributed by atoms with Gasteiger partial charge < -0.3 is 14.4 Å². The number of hydrogen-bond acceptors (Lipinski definition) is 9. The van der Waals surface area contributed by atoms with Crippen LogP contribution in [-0.2, 0) is 32.7 Å². The van der Waals surface area contributed by atoms with Crippen LogP contribution in [0.4, 0.5) is 0 Å². The number of benzene rings is 1. The first-order valence-electron chi connectivity index (χ1n) is 22.6. The van der Waals surface area contributed by atoms with Crippen molar-refractivity contribution in [3.8, 4) is 0 Å². The summed E-state index contributed by atoms with van der Waals surface area (Å²) in [5.41, 5.74) is 0.514. The zero-order valence-electron chi connectivity index (χ0n) is 36.2. The van der Waals surface area contributed by atoms with Crippen molar-refractivity contribution in [1.29, 1.82) is 0 Å². The predicted molar refractivity (Wildman–Crippen MR) is 234 cm³/mol. The first kappa shape index (κ1) is 51.8. The Hall–Kier alpha value is -3.37. The van der Waals surface area contributed by atoms with Crippen LogP contribution in [0.25, 0.3) is 0 Å². The smallest absolute Gasteiger partial charge is 0.462 e. The molecule has 11 nitrogen and oxygen atoms in total. The van der Waals surface area contributed by atoms with Crippen LogP contribution in [0.5, 0.6) is 0 Å². The van der Waals surface area contributed by atoms with Gasteiger partial charge in [-0.1, -0.05) is 159 Å². The fraction of sp³-hybridized carbons (Fsp3) is 0.660. The lowest BCUT2D eigenvalue weighted by Crippen LogP contribution is -2.33. The standard InChI is InChI=1S/C47H74NO10P/c1-3-5-7-9-11-13-15-17-18-20-22-24-26-28-30-36-45(50)58-41(39-55-44(49)35-29-27-25-23-21-19-16-14-12-10-8-6-4-2)40-57-59(53,54)56-38-37-48-46(51)42-33-31-32-34-43(42)47(48)52/h5,7,11,13,17-18,31-34,41H,3-4,6,8-10,12,14-16,19-30,35-40H2,1-2H3,(H,53,54)/b7-5-,13-11-,18-17-/t41-/m0/s1. The van der Waals surface area contributed by atoms with Gasteiger partial charge in [0.2, 0.25) is 0 Å². The molecule has 1 aromatic carbocycles. The summed E-state index contributed by atoms with van der Waals surface area (Å²) in [7, 11) is -4.70. The quantitative estimate of drug-likeness (QED) is 0.0226. The van der Waals surface area contributed by atoms with E-state index in [0.29, 0.717) is 12.8 Å². The number of allylic oxidation sites excluding steroid dienone is 6. The second kappa shape index (κ2) is 33.4. The molecule has 332 valence electrons. The van der Waals surface area contributed by atoms with Crippen molar-refractivity contribution in [2.24, 2.45) is 0 Å². The molecule has 1 aliphatic heterocycles. The van der Waals surface area contributed by atoms with Gasteiger partial charge in [-0.2, -0.15) is 0 Å². The molecule has 0 saturated carbocycles. The number of nitrogens with zero attached hydrogens (tertiary/aromatic N) is 1. The molecule has 0 radical (unpaired) electrons. The predicted octanol–water partition coefficient (Wildman–Crippen LogP) is 11.9. The number of carbonyl (C=O) groups is 4. The zero-order chi connectivity index (χ0) is 42.8. The fourth-order valence-electron chi connectivity index (χ4n) is 6.70. The van der Waals surface area contributed by atoms with Crippen molar-refractivity contribution in [2.45, 2.75) is 174 Å². The molecular weight excluding hydrogens is 769 g/mol. The summed E-state index contributed by atoms with van der Waals surface area (Å²) in [4.78, 5) is 61.9. The van der Waals surface area contributed by atoms with Crippen molar-refractivity contribution < 1.29 is 47.2 Å². The molecular formula is C47H74NO10P. The zero-order valence-corrected chi connectivity index (χ0v) is 37.1. The van der Waals surface area contributed by atoms with E-state index in [2.05, 4.69) is 50.3 Å². The first-order chi connectivity index (χ1) is 28.7. The number of fused-ring (bicyclic) bond motifs is 1. The van der Waals surface area contributed by atoms with E-state index in [1.807, 2.05) is 0 Å². The molecule has 2 rings (SSSR count). The van der Waals surface area contributed by atoms with Crippen LogP contribution < -0.4 is 0 Å². The second-order valence-electron chi connectivity index (χ2n) is 15.3. The number of phosphoric acid groups is 1. The monoisotopic (exact) mass is 844 g/mol. The lowest BCUT2D eigenvalue weighted by Gasteiger charge is -2.20. The highest BCUT2D eigenvalue weighted by Gasteiger charge is 2.35. The number of phosphoric ester groups is 1. The topological polar surface area (TPSA) is 146 Å². The molecule has 12 heteroatoms. The Balaban J connectivity index is 1.71. The van der Waals surface area contributed by atoms with Crippen molar-refractivity contribution >= 4 is 31.6 Å². The Kier molecular flexibility index (Phi) is 29.3. The van der Waals surface area contributed by atoms with Gasteiger partial charge in [0.1, 0.15) is 6.61 Å². The van der Waals surface area contributed by atoms with E-state index < -0.39 is 50.9 Å². The summed E-state index contributed by atoms with van der Waals surface area (Å²) in [6, 6.07) is 6.38. The highest BCUT2D eigenvalue weighted by Crippen LogP contribution is 2.43. The molecule has 1 aliphatic rings. The first-order valence-corrected chi connectivity index (χ1v) is 24.0. The number of rotatable bonds is 37. The molecule has 1 aromatic rings. The van der Waals surface area contributed by atoms with Gasteiger partial charge in [0, 0.05) is 12.8 Å². The average Bonchev–Trinajstić information content (AvgIpc) is 3.46. The maximum atomic E-state index is 12.8. The molecule has 0 fully saturated rings. The Labute approximate surface area is 355 Å². The van der Waals surface area contributed by atoms with Gasteiger partial charge >= 0.3 is 19.8 Å². The van der Waals surface area contributed by atoms with E-state index in [4.69, 9.17) is 18.5 Å². The van der Waals surface area contributed by atoms with Crippen molar-refractivity contribution in [1.82, 2.24) is 4.90 Å². The van der Waals surface area contributed by atoms with E-state index in [1.54, 1.807) is 24.3 Å². The van der Waals surface area contributed by atoms with Crippen molar-refractivity contribution in [2.75, 3.05) is 26.4 Å². The van der Waals surface area contributed by atoms with Crippen LogP contribution >= 0.6 is 7.82 Å². The largest absolute Gasteiger partial charge is 0.472 e. The lowest BCUT2D eigenvalue weighted by atomic mass is 10.0. The van der Waals surface area contributed by atoms with Gasteiger partial charge in [-0.25, -0.2) is 4.57 Å². The number of ether oxygens (including phenoxy) is 2. The molecule has 0 aromatic heterocycles. The molecule has 2 atom stereocenters. The third-order valence-electron chi connectivity index (χ3n) is 10.1. The van der Waals surface area contributed by atoms with E-state index >= 15 is 0 Å². The number of imide groups is 1. The summed E-state index contributed by atoms with van der Waals surface area (Å²) in [6.45, 7) is 2.75. The van der Waals surface area contributed by atoms with Gasteiger partial charge in [0.15, 0.2) is 6.10 Å². The molecule has 1 unspecified atom stereocenters. The fourth-order valence-corrected chi connectivity index (χ4v) is 7.44. The van der Waals surface area contributed by atoms with E-state index in [1.165, 1.54) is 57.8 Å². The van der Waals surface area contributed by atoms with Gasteiger partial charge in [0.25, 0.3) is 11.8 Å². The number of carbonyl (C=O) groups excluding carboxylic acids is 4. The molecule has 0 spiro atoms. The Morgan fingerprint density at radius 2 is 1.14 bits per heavy atom. The SMILES string of the molecule is CC/C=C\C/C=C\C/C=C\CCCCCCCC(=O)O[C@@H](COC(=O)CCCCCCCCCCCCCCC)COP(=O)(O)OCCN1C(=O)c2ccccc2C1=O. The molecule has 59 heavy (non-hydrogen) atoms. The van der Waals surface area contributed by atoms with Gasteiger partial charge in [-0.05, 0) is 57.1 Å². The lowest BCUT2D eigenvalue weighted by molar-refractivity contribution is -0.161. The summed E-state index contributed by atoms with van der Waals surface area (Å²) in [5.74, 6) is -1.99. The summed E-state index contributed by atoms with van der Waals surface area (Å²) in [6.07, 6.45) is 36.5. The van der Waals surface area contributed by atoms with E-state index in [-0.39, 0.29) is 37.1 Å². The summed E-state index contributed by atoms with van der Waals surface area (Å²) < 4.78 is 33.9. The maximum Gasteiger partial charge on any atom is 0.472 e. The Morgan fingerprint density at radius 3 is 1.69 bits per heavy atom.